The Kier molecular flexibility index (Phi) is 11.1. The molecule has 0 spiro atoms. The highest BCUT2D eigenvalue weighted by Crippen LogP contribution is 2.30. The fraction of sp³-hybridized carbons (Fsp3) is 0.211. The predicted octanol–water partition coefficient (Wildman–Crippen LogP) is 12.2. The first-order chi connectivity index (χ1) is 22.0. The smallest absolute Gasteiger partial charge is 0.124 e. The van der Waals surface area contributed by atoms with E-state index >= 15 is 0 Å². The van der Waals surface area contributed by atoms with Crippen molar-refractivity contribution in [1.29, 1.82) is 0 Å². The Labute approximate surface area is 287 Å². The van der Waals surface area contributed by atoms with Crippen LogP contribution in [-0.4, -0.2) is 19.3 Å². The fourth-order valence-corrected chi connectivity index (χ4v) is 7.89. The van der Waals surface area contributed by atoms with Crippen molar-refractivity contribution in [2.45, 2.75) is 55.4 Å². The van der Waals surface area contributed by atoms with Gasteiger partial charge in [-0.3, -0.25) is 0 Å². The largest absolute Gasteiger partial charge is 0.247 e. The standard InChI is InChI=1S/C15H13NS.2C9H9NS.C5H7NS/c1-10-3-6-12(7-4-10)15-16-13-8-5-11(2)9-14(13)17-15;1-6-3-4-9-8(5-6)7(2)11-10-9;1-6-3-4-8-9(5-6)11-7(2)10-8;1-4-3-7-5(2)6-4/h3-9H,1-2H3;2*3-5H,1-2H3;3H,1-2H3. The van der Waals surface area contributed by atoms with Crippen molar-refractivity contribution in [2.75, 3.05) is 0 Å². The van der Waals surface area contributed by atoms with Gasteiger partial charge in [0.05, 0.1) is 36.0 Å². The predicted molar refractivity (Wildman–Crippen MR) is 204 cm³/mol. The molecule has 0 aliphatic rings. The van der Waals surface area contributed by atoms with Gasteiger partial charge < -0.3 is 0 Å². The van der Waals surface area contributed by atoms with Crippen LogP contribution in [0.2, 0.25) is 0 Å². The number of benzene rings is 4. The zero-order valence-electron chi connectivity index (χ0n) is 27.5. The molecular formula is C38H38N4S4. The summed E-state index contributed by atoms with van der Waals surface area (Å²) in [5, 5.41) is 6.75. The molecule has 0 bridgehead atoms. The molecule has 0 saturated heterocycles. The molecule has 0 aliphatic heterocycles. The van der Waals surface area contributed by atoms with Gasteiger partial charge in [0.1, 0.15) is 5.01 Å². The molecule has 0 saturated carbocycles. The summed E-state index contributed by atoms with van der Waals surface area (Å²) in [6.07, 6.45) is 0. The molecule has 8 aromatic rings. The number of rotatable bonds is 1. The van der Waals surface area contributed by atoms with Crippen molar-refractivity contribution in [3.05, 3.63) is 127 Å². The average Bonchev–Trinajstić information content (AvgIpc) is 3.80. The zero-order chi connectivity index (χ0) is 32.8. The molecule has 4 aromatic heterocycles. The van der Waals surface area contributed by atoms with E-state index in [1.807, 2.05) is 20.8 Å². The maximum atomic E-state index is 4.67. The number of hydrogen-bond donors (Lipinski definition) is 0. The van der Waals surface area contributed by atoms with E-state index < -0.39 is 0 Å². The lowest BCUT2D eigenvalue weighted by molar-refractivity contribution is 1.20. The van der Waals surface area contributed by atoms with Crippen LogP contribution < -0.4 is 0 Å². The summed E-state index contributed by atoms with van der Waals surface area (Å²) < 4.78 is 6.86. The van der Waals surface area contributed by atoms with Crippen LogP contribution in [0, 0.1) is 55.4 Å². The molecule has 4 heterocycles. The quantitative estimate of drug-likeness (QED) is 0.173. The summed E-state index contributed by atoms with van der Waals surface area (Å²) in [4.78, 5) is 14.5. The maximum absolute atomic E-state index is 4.67. The first-order valence-electron chi connectivity index (χ1n) is 15.0. The summed E-state index contributed by atoms with van der Waals surface area (Å²) in [6.45, 7) is 16.6. The van der Waals surface area contributed by atoms with Gasteiger partial charge in [0.2, 0.25) is 0 Å². The van der Waals surface area contributed by atoms with E-state index in [-0.39, 0.29) is 0 Å². The number of fused-ring (bicyclic) bond motifs is 3. The third kappa shape index (κ3) is 8.91. The molecule has 4 aromatic carbocycles. The van der Waals surface area contributed by atoms with Crippen molar-refractivity contribution < 1.29 is 0 Å². The monoisotopic (exact) mass is 678 g/mol. The molecule has 4 nitrogen and oxygen atoms in total. The van der Waals surface area contributed by atoms with E-state index in [4.69, 9.17) is 0 Å². The molecule has 0 fully saturated rings. The number of aryl methyl sites for hydroxylation is 8. The second-order valence-electron chi connectivity index (χ2n) is 11.3. The van der Waals surface area contributed by atoms with Crippen LogP contribution in [0.25, 0.3) is 41.9 Å². The molecule has 8 rings (SSSR count). The molecule has 234 valence electrons. The van der Waals surface area contributed by atoms with Crippen LogP contribution in [0.4, 0.5) is 0 Å². The molecular weight excluding hydrogens is 641 g/mol. The summed E-state index contributed by atoms with van der Waals surface area (Å²) >= 11 is 6.78. The molecule has 0 atom stereocenters. The van der Waals surface area contributed by atoms with Gasteiger partial charge in [0.25, 0.3) is 0 Å². The molecule has 0 aliphatic carbocycles. The lowest BCUT2D eigenvalue weighted by atomic mass is 10.1. The zero-order valence-corrected chi connectivity index (χ0v) is 30.8. The van der Waals surface area contributed by atoms with Crippen LogP contribution in [0.15, 0.2) is 84.2 Å². The van der Waals surface area contributed by atoms with Crippen molar-refractivity contribution in [1.82, 2.24) is 19.3 Å². The van der Waals surface area contributed by atoms with Crippen LogP contribution in [-0.2, 0) is 0 Å². The van der Waals surface area contributed by atoms with Crippen LogP contribution in [0.1, 0.15) is 42.8 Å². The summed E-state index contributed by atoms with van der Waals surface area (Å²) in [5.41, 5.74) is 10.9. The molecule has 0 unspecified atom stereocenters. The van der Waals surface area contributed by atoms with Gasteiger partial charge >= 0.3 is 0 Å². The number of aromatic nitrogens is 4. The SMILES string of the molecule is Cc1ccc(-c2nc3ccc(C)cc3s2)cc1.Cc1ccc2nc(C)sc2c1.Cc1ccc2nsc(C)c2c1.Cc1csc(C)n1. The minimum Gasteiger partial charge on any atom is -0.247 e. The second kappa shape index (κ2) is 15.2. The molecule has 0 amide bonds. The molecule has 0 radical (unpaired) electrons. The van der Waals surface area contributed by atoms with Crippen molar-refractivity contribution >= 4 is 76.9 Å². The average molecular weight is 679 g/mol. The van der Waals surface area contributed by atoms with Crippen molar-refractivity contribution in [3.63, 3.8) is 0 Å². The normalized spacial score (nSPS) is 10.6. The summed E-state index contributed by atoms with van der Waals surface area (Å²) in [5.74, 6) is 0. The summed E-state index contributed by atoms with van der Waals surface area (Å²) in [6, 6.07) is 27.7. The van der Waals surface area contributed by atoms with Crippen LogP contribution >= 0.6 is 45.5 Å². The van der Waals surface area contributed by atoms with E-state index in [1.54, 1.807) is 45.5 Å². The Bertz CT molecular complexity index is 2180. The van der Waals surface area contributed by atoms with Crippen LogP contribution in [0.5, 0.6) is 0 Å². The van der Waals surface area contributed by atoms with Gasteiger partial charge in [-0.15, -0.1) is 34.0 Å². The highest BCUT2D eigenvalue weighted by atomic mass is 32.1. The Hall–Kier alpha value is -3.82. The van der Waals surface area contributed by atoms with Crippen molar-refractivity contribution in [2.24, 2.45) is 0 Å². The Morgan fingerprint density at radius 2 is 1.07 bits per heavy atom. The lowest BCUT2D eigenvalue weighted by Gasteiger charge is -1.95. The highest BCUT2D eigenvalue weighted by molar-refractivity contribution is 7.21. The first kappa shape index (κ1) is 33.5. The minimum atomic E-state index is 1.09. The number of thiazole rings is 3. The van der Waals surface area contributed by atoms with E-state index in [9.17, 15) is 0 Å². The van der Waals surface area contributed by atoms with Gasteiger partial charge in [0, 0.05) is 26.9 Å². The van der Waals surface area contributed by atoms with Gasteiger partial charge in [-0.05, 0) is 114 Å². The third-order valence-corrected chi connectivity index (χ3v) is 10.7. The van der Waals surface area contributed by atoms with Crippen LogP contribution in [0.3, 0.4) is 0 Å². The first-order valence-corrected chi connectivity index (χ1v) is 18.3. The minimum absolute atomic E-state index is 1.09. The molecule has 46 heavy (non-hydrogen) atoms. The number of nitrogens with zero attached hydrogens (tertiary/aromatic N) is 4. The molecule has 8 heteroatoms. The highest BCUT2D eigenvalue weighted by Gasteiger charge is 2.06. The van der Waals surface area contributed by atoms with E-state index in [2.05, 4.69) is 138 Å². The Balaban J connectivity index is 0.000000127. The van der Waals surface area contributed by atoms with Gasteiger partial charge in [0.15, 0.2) is 0 Å². The van der Waals surface area contributed by atoms with Gasteiger partial charge in [-0.2, -0.15) is 4.37 Å². The van der Waals surface area contributed by atoms with E-state index in [1.165, 1.54) is 47.5 Å². The fourth-order valence-electron chi connectivity index (χ4n) is 4.65. The Morgan fingerprint density at radius 1 is 0.500 bits per heavy atom. The lowest BCUT2D eigenvalue weighted by Crippen LogP contribution is -1.76. The van der Waals surface area contributed by atoms with E-state index in [0.717, 1.165) is 37.3 Å². The summed E-state index contributed by atoms with van der Waals surface area (Å²) in [7, 11) is 0. The van der Waals surface area contributed by atoms with Gasteiger partial charge in [-0.25, -0.2) is 15.0 Å². The van der Waals surface area contributed by atoms with Gasteiger partial charge in [-0.1, -0.05) is 53.6 Å². The topological polar surface area (TPSA) is 51.6 Å². The Morgan fingerprint density at radius 3 is 1.65 bits per heavy atom. The number of hydrogen-bond acceptors (Lipinski definition) is 8. The molecule has 0 N–H and O–H groups in total. The van der Waals surface area contributed by atoms with E-state index in [0.29, 0.717) is 0 Å². The van der Waals surface area contributed by atoms with Crippen molar-refractivity contribution in [3.8, 4) is 10.6 Å². The maximum Gasteiger partial charge on any atom is 0.124 e. The second-order valence-corrected chi connectivity index (χ2v) is 15.6. The third-order valence-electron chi connectivity index (χ3n) is 7.04.